The molecule has 1 heterocycles. The van der Waals surface area contributed by atoms with Gasteiger partial charge in [0, 0.05) is 36.5 Å². The Labute approximate surface area is 418 Å². The van der Waals surface area contributed by atoms with Crippen LogP contribution in [-0.2, 0) is 54.8 Å². The molecule has 0 aromatic heterocycles. The molecule has 0 spiro atoms. The Balaban J connectivity index is 0.900. The van der Waals surface area contributed by atoms with E-state index in [9.17, 15) is 0 Å². The minimum atomic E-state index is 0.122. The molecule has 0 N–H and O–H groups in total. The highest BCUT2D eigenvalue weighted by Crippen LogP contribution is 2.39. The van der Waals surface area contributed by atoms with E-state index in [4.69, 9.17) is 37.9 Å². The summed E-state index contributed by atoms with van der Waals surface area (Å²) >= 11 is 0. The molecule has 0 radical (unpaired) electrons. The number of benzene rings is 10. The average Bonchev–Trinajstić information content (AvgIpc) is 3.41. The molecular formula is C64H48O8. The van der Waals surface area contributed by atoms with Crippen LogP contribution in [0.25, 0.3) is 64.6 Å². The molecule has 1 aliphatic heterocycles. The van der Waals surface area contributed by atoms with Crippen molar-refractivity contribution in [1.82, 2.24) is 0 Å². The standard InChI is InChI=1S/C64H48O8/c1-65-41-71-55-33-43-31-44(34-55)38-68-28-4-8-48-12-16-52-22-26-60-50(14-18-54-20-24-58(48)62(52)64(54)60)10-6-30-70-40-46-32-45(35-56(36-46)72-42-66-2)39-69-29-5-9-49-13-17-53-19-23-57-47(7-3-27-67-37-43)11-15-51-21-25-59(49)63(53)61(51)57/h11-26,31-36H,27-30,37-42H2,1-2H3. The van der Waals surface area contributed by atoms with Crippen LogP contribution in [0.3, 0.4) is 0 Å². The SMILES string of the molecule is COCOc1cc2cc(c1)COCC#Cc1ccc3ccc4c(ccc5ccc1c3c54)C#CCOCc1cc(cc(OCOC)c1)COCC#Cc1ccc3ccc4c(ccc5ccc1c3c54)C#CCOC2. The van der Waals surface area contributed by atoms with Crippen molar-refractivity contribution < 1.29 is 37.9 Å². The maximum absolute atomic E-state index is 6.13. The third-order valence-electron chi connectivity index (χ3n) is 12.7. The van der Waals surface area contributed by atoms with Crippen molar-refractivity contribution in [2.45, 2.75) is 26.4 Å². The van der Waals surface area contributed by atoms with E-state index in [2.05, 4.69) is 157 Å². The van der Waals surface area contributed by atoms with Crippen LogP contribution in [0.15, 0.2) is 133 Å². The van der Waals surface area contributed by atoms with Gasteiger partial charge >= 0.3 is 0 Å². The molecule has 10 aromatic rings. The summed E-state index contributed by atoms with van der Waals surface area (Å²) < 4.78 is 46.6. The van der Waals surface area contributed by atoms with Crippen molar-refractivity contribution in [2.75, 3.05) is 54.2 Å². The van der Waals surface area contributed by atoms with Gasteiger partial charge in [-0.1, -0.05) is 132 Å². The zero-order valence-corrected chi connectivity index (χ0v) is 40.0. The van der Waals surface area contributed by atoms with Crippen LogP contribution in [0.4, 0.5) is 0 Å². The summed E-state index contributed by atoms with van der Waals surface area (Å²) in [6.45, 7) is 2.59. The number of methoxy groups -OCH3 is 2. The van der Waals surface area contributed by atoms with Crippen molar-refractivity contribution >= 4 is 64.6 Å². The topological polar surface area (TPSA) is 73.8 Å². The van der Waals surface area contributed by atoms with Crippen molar-refractivity contribution in [2.24, 2.45) is 0 Å². The van der Waals surface area contributed by atoms with Crippen molar-refractivity contribution in [1.29, 1.82) is 0 Å². The molecule has 0 saturated carbocycles. The van der Waals surface area contributed by atoms with Gasteiger partial charge in [0.15, 0.2) is 13.6 Å². The van der Waals surface area contributed by atoms with Gasteiger partial charge in [-0.15, -0.1) is 0 Å². The summed E-state index contributed by atoms with van der Waals surface area (Å²) in [6, 6.07) is 46.1. The normalized spacial score (nSPS) is 13.8. The molecule has 8 heteroatoms. The molecule has 0 aliphatic carbocycles. The monoisotopic (exact) mass is 944 g/mol. The second-order valence-corrected chi connectivity index (χ2v) is 17.5. The minimum absolute atomic E-state index is 0.122. The van der Waals surface area contributed by atoms with Gasteiger partial charge in [-0.2, -0.15) is 0 Å². The number of rotatable bonds is 6. The Morgan fingerprint density at radius 2 is 0.611 bits per heavy atom. The Bertz CT molecular complexity index is 3400. The van der Waals surface area contributed by atoms with E-state index in [0.717, 1.165) is 87.6 Å². The molecule has 0 saturated heterocycles. The molecule has 1 aliphatic rings. The van der Waals surface area contributed by atoms with Gasteiger partial charge < -0.3 is 37.9 Å². The average molecular weight is 945 g/mol. The maximum Gasteiger partial charge on any atom is 0.188 e. The van der Waals surface area contributed by atoms with E-state index >= 15 is 0 Å². The van der Waals surface area contributed by atoms with E-state index in [1.165, 1.54) is 21.5 Å². The molecule has 10 aromatic carbocycles. The molecule has 0 atom stereocenters. The Hall–Kier alpha value is -8.12. The summed E-state index contributed by atoms with van der Waals surface area (Å²) in [5.41, 5.74) is 7.50. The lowest BCUT2D eigenvalue weighted by atomic mass is 9.90. The lowest BCUT2D eigenvalue weighted by Crippen LogP contribution is -2.02. The molecule has 8 nitrogen and oxygen atoms in total. The quantitative estimate of drug-likeness (QED) is 0.0927. The maximum atomic E-state index is 6.13. The lowest BCUT2D eigenvalue weighted by molar-refractivity contribution is 0.0505. The van der Waals surface area contributed by atoms with Gasteiger partial charge in [0.05, 0.1) is 26.4 Å². The molecule has 0 fully saturated rings. The summed E-state index contributed by atoms with van der Waals surface area (Å²) in [6.07, 6.45) is 0. The van der Waals surface area contributed by atoms with Crippen molar-refractivity contribution in [3.63, 3.8) is 0 Å². The van der Waals surface area contributed by atoms with Crippen LogP contribution in [-0.4, -0.2) is 54.2 Å². The van der Waals surface area contributed by atoms with E-state index in [1.54, 1.807) is 14.2 Å². The predicted molar refractivity (Wildman–Crippen MR) is 284 cm³/mol. The summed E-state index contributed by atoms with van der Waals surface area (Å²) in [5, 5.41) is 13.6. The van der Waals surface area contributed by atoms with Crippen LogP contribution in [0, 0.1) is 47.4 Å². The number of fused-ring (bicyclic) bond motifs is 4. The first-order valence-electron chi connectivity index (χ1n) is 23.8. The van der Waals surface area contributed by atoms with E-state index < -0.39 is 0 Å². The highest BCUT2D eigenvalue weighted by molar-refractivity contribution is 6.26. The molecule has 11 rings (SSSR count). The third-order valence-corrected chi connectivity index (χ3v) is 12.7. The second-order valence-electron chi connectivity index (χ2n) is 17.5. The number of hydrogen-bond donors (Lipinski definition) is 0. The highest BCUT2D eigenvalue weighted by Gasteiger charge is 2.15. The van der Waals surface area contributed by atoms with Gasteiger partial charge in [0.2, 0.25) is 0 Å². The molecule has 0 unspecified atom stereocenters. The lowest BCUT2D eigenvalue weighted by Gasteiger charge is -2.13. The van der Waals surface area contributed by atoms with Gasteiger partial charge in [-0.05, 0) is 135 Å². The third kappa shape index (κ3) is 9.94. The number of hydrogen-bond acceptors (Lipinski definition) is 8. The number of ether oxygens (including phenoxy) is 8. The zero-order chi connectivity index (χ0) is 48.6. The predicted octanol–water partition coefficient (Wildman–Crippen LogP) is 12.0. The Kier molecular flexibility index (Phi) is 13.8. The van der Waals surface area contributed by atoms with Crippen LogP contribution in [0.2, 0.25) is 0 Å². The Morgan fingerprint density at radius 1 is 0.347 bits per heavy atom. The first kappa shape index (κ1) is 46.3. The molecule has 72 heavy (non-hydrogen) atoms. The fourth-order valence-electron chi connectivity index (χ4n) is 9.65. The smallest absolute Gasteiger partial charge is 0.188 e. The first-order valence-corrected chi connectivity index (χ1v) is 23.8. The summed E-state index contributed by atoms with van der Waals surface area (Å²) in [5.74, 6) is 28.0. The van der Waals surface area contributed by atoms with E-state index in [-0.39, 0.29) is 40.0 Å². The molecule has 16 bridgehead atoms. The molecule has 0 amide bonds. The fourth-order valence-corrected chi connectivity index (χ4v) is 9.65. The van der Waals surface area contributed by atoms with Gasteiger partial charge in [-0.25, -0.2) is 0 Å². The molecular weight excluding hydrogens is 897 g/mol. The van der Waals surface area contributed by atoms with Gasteiger partial charge in [-0.3, -0.25) is 0 Å². The fraction of sp³-hybridized carbons (Fsp3) is 0.188. The van der Waals surface area contributed by atoms with Gasteiger partial charge in [0.1, 0.15) is 37.9 Å². The second kappa shape index (κ2) is 21.5. The summed E-state index contributed by atoms with van der Waals surface area (Å²) in [7, 11) is 3.20. The Morgan fingerprint density at radius 3 is 0.875 bits per heavy atom. The minimum Gasteiger partial charge on any atom is -0.468 e. The first-order chi connectivity index (χ1) is 35.6. The zero-order valence-electron chi connectivity index (χ0n) is 40.0. The van der Waals surface area contributed by atoms with E-state index in [1.807, 2.05) is 24.3 Å². The van der Waals surface area contributed by atoms with Crippen molar-refractivity contribution in [3.8, 4) is 58.9 Å². The van der Waals surface area contributed by atoms with Gasteiger partial charge in [0.25, 0.3) is 0 Å². The molecule has 352 valence electrons. The van der Waals surface area contributed by atoms with E-state index in [0.29, 0.717) is 37.9 Å². The van der Waals surface area contributed by atoms with Crippen molar-refractivity contribution in [3.05, 3.63) is 178 Å². The van der Waals surface area contributed by atoms with Crippen LogP contribution in [0.5, 0.6) is 11.5 Å². The van der Waals surface area contributed by atoms with Crippen LogP contribution >= 0.6 is 0 Å². The summed E-state index contributed by atoms with van der Waals surface area (Å²) in [4.78, 5) is 0. The highest BCUT2D eigenvalue weighted by atomic mass is 16.7. The van der Waals surface area contributed by atoms with Crippen LogP contribution in [0.1, 0.15) is 44.5 Å². The van der Waals surface area contributed by atoms with Crippen LogP contribution < -0.4 is 9.47 Å². The largest absolute Gasteiger partial charge is 0.468 e.